The van der Waals surface area contributed by atoms with Crippen LogP contribution in [0.4, 0.5) is 0 Å². The maximum Gasteiger partial charge on any atom is 0.216 e. The van der Waals surface area contributed by atoms with Crippen molar-refractivity contribution >= 4 is 0 Å². The van der Waals surface area contributed by atoms with Crippen LogP contribution in [0, 0.1) is 6.92 Å². The number of ether oxygens (including phenoxy) is 1. The normalized spacial score (nSPS) is 18.6. The Morgan fingerprint density at radius 3 is 2.58 bits per heavy atom. The van der Waals surface area contributed by atoms with Crippen molar-refractivity contribution in [1.29, 1.82) is 0 Å². The fourth-order valence-electron chi connectivity index (χ4n) is 2.51. The zero-order valence-electron chi connectivity index (χ0n) is 12.3. The molecular formula is C15H25N3O. The van der Waals surface area contributed by atoms with Crippen molar-refractivity contribution in [3.63, 3.8) is 0 Å². The Morgan fingerprint density at radius 1 is 1.26 bits per heavy atom. The molecule has 106 valence electrons. The molecule has 0 aromatic carbocycles. The summed E-state index contributed by atoms with van der Waals surface area (Å²) in [5, 5.41) is 0. The lowest BCUT2D eigenvalue weighted by Gasteiger charge is -2.32. The molecule has 1 fully saturated rings. The summed E-state index contributed by atoms with van der Waals surface area (Å²) in [7, 11) is 0. The Kier molecular flexibility index (Phi) is 4.40. The molecule has 2 rings (SSSR count). The van der Waals surface area contributed by atoms with Crippen molar-refractivity contribution in [2.45, 2.75) is 64.3 Å². The summed E-state index contributed by atoms with van der Waals surface area (Å²) in [5.74, 6) is 1.81. The van der Waals surface area contributed by atoms with Crippen molar-refractivity contribution in [1.82, 2.24) is 9.97 Å². The Bertz CT molecular complexity index is 425. The quantitative estimate of drug-likeness (QED) is 0.907. The van der Waals surface area contributed by atoms with Gasteiger partial charge in [0, 0.05) is 17.7 Å². The molecule has 2 N–H and O–H groups in total. The van der Waals surface area contributed by atoms with E-state index in [4.69, 9.17) is 10.5 Å². The smallest absolute Gasteiger partial charge is 0.216 e. The number of aryl methyl sites for hydroxylation is 1. The first-order chi connectivity index (χ1) is 8.98. The highest BCUT2D eigenvalue weighted by atomic mass is 16.5. The fraction of sp³-hybridized carbons (Fsp3) is 0.733. The van der Waals surface area contributed by atoms with Gasteiger partial charge in [0.15, 0.2) is 0 Å². The molecule has 1 saturated carbocycles. The maximum atomic E-state index is 6.37. The predicted molar refractivity (Wildman–Crippen MR) is 76.4 cm³/mol. The van der Waals surface area contributed by atoms with Crippen molar-refractivity contribution in [2.24, 2.45) is 5.73 Å². The van der Waals surface area contributed by atoms with Gasteiger partial charge in [0.05, 0.1) is 5.54 Å². The van der Waals surface area contributed by atoms with Gasteiger partial charge in [-0.2, -0.15) is 4.98 Å². The summed E-state index contributed by atoms with van der Waals surface area (Å²) in [6.45, 7) is 6.70. The van der Waals surface area contributed by atoms with Crippen LogP contribution in [0.25, 0.3) is 0 Å². The largest absolute Gasteiger partial charge is 0.476 e. The first kappa shape index (κ1) is 14.3. The third-order valence-corrected chi connectivity index (χ3v) is 3.72. The van der Waals surface area contributed by atoms with Crippen molar-refractivity contribution in [3.8, 4) is 5.88 Å². The number of nitrogens with two attached hydrogens (primary N) is 1. The number of aromatic nitrogens is 2. The maximum absolute atomic E-state index is 6.37. The molecule has 19 heavy (non-hydrogen) atoms. The van der Waals surface area contributed by atoms with Gasteiger partial charge >= 0.3 is 0 Å². The molecule has 1 heterocycles. The highest BCUT2D eigenvalue weighted by Gasteiger charge is 2.28. The summed E-state index contributed by atoms with van der Waals surface area (Å²) in [6, 6.07) is 1.89. The minimum absolute atomic E-state index is 0.172. The Hall–Kier alpha value is -1.16. The summed E-state index contributed by atoms with van der Waals surface area (Å²) in [4.78, 5) is 8.88. The second-order valence-electron chi connectivity index (χ2n) is 6.07. The van der Waals surface area contributed by atoms with Gasteiger partial charge in [0.1, 0.15) is 12.4 Å². The molecule has 0 bridgehead atoms. The van der Waals surface area contributed by atoms with Crippen molar-refractivity contribution < 1.29 is 4.74 Å². The standard InChI is InChI=1S/C15H25N3O/c1-11(2)14-17-12(3)9-13(18-14)19-10-15(16)7-5-4-6-8-15/h9,11H,4-8,10,16H2,1-3H3. The van der Waals surface area contributed by atoms with Gasteiger partial charge in [-0.15, -0.1) is 0 Å². The van der Waals surface area contributed by atoms with E-state index in [-0.39, 0.29) is 5.54 Å². The minimum Gasteiger partial charge on any atom is -0.476 e. The Balaban J connectivity index is 2.02. The molecule has 0 unspecified atom stereocenters. The molecule has 0 spiro atoms. The van der Waals surface area contributed by atoms with Crippen LogP contribution < -0.4 is 10.5 Å². The lowest BCUT2D eigenvalue weighted by atomic mass is 9.83. The van der Waals surface area contributed by atoms with Crippen LogP contribution >= 0.6 is 0 Å². The van der Waals surface area contributed by atoms with Crippen LogP contribution in [0.5, 0.6) is 5.88 Å². The van der Waals surface area contributed by atoms with Crippen LogP contribution in [0.15, 0.2) is 6.07 Å². The number of hydrogen-bond acceptors (Lipinski definition) is 4. The minimum atomic E-state index is -0.172. The Labute approximate surface area is 115 Å². The highest BCUT2D eigenvalue weighted by Crippen LogP contribution is 2.26. The molecule has 1 aliphatic carbocycles. The average molecular weight is 263 g/mol. The van der Waals surface area contributed by atoms with Crippen LogP contribution in [0.2, 0.25) is 0 Å². The van der Waals surface area contributed by atoms with Gasteiger partial charge in [-0.3, -0.25) is 0 Å². The molecule has 0 aliphatic heterocycles. The van der Waals surface area contributed by atoms with Gasteiger partial charge in [0.25, 0.3) is 0 Å². The molecule has 0 radical (unpaired) electrons. The van der Waals surface area contributed by atoms with Gasteiger partial charge in [0.2, 0.25) is 5.88 Å². The van der Waals surface area contributed by atoms with Crippen molar-refractivity contribution in [2.75, 3.05) is 6.61 Å². The highest BCUT2D eigenvalue weighted by molar-refractivity contribution is 5.17. The topological polar surface area (TPSA) is 61.0 Å². The summed E-state index contributed by atoms with van der Waals surface area (Å²) >= 11 is 0. The molecule has 1 aromatic rings. The fourth-order valence-corrected chi connectivity index (χ4v) is 2.51. The molecule has 4 nitrogen and oxygen atoms in total. The molecule has 0 atom stereocenters. The van der Waals surface area contributed by atoms with E-state index in [9.17, 15) is 0 Å². The monoisotopic (exact) mass is 263 g/mol. The van der Waals surface area contributed by atoms with Crippen LogP contribution in [0.3, 0.4) is 0 Å². The zero-order chi connectivity index (χ0) is 13.9. The zero-order valence-corrected chi connectivity index (χ0v) is 12.3. The van der Waals surface area contributed by atoms with E-state index in [0.717, 1.165) is 24.4 Å². The van der Waals surface area contributed by atoms with Gasteiger partial charge in [-0.1, -0.05) is 33.1 Å². The van der Waals surface area contributed by atoms with E-state index < -0.39 is 0 Å². The van der Waals surface area contributed by atoms with E-state index in [1.807, 2.05) is 13.0 Å². The van der Waals surface area contributed by atoms with Gasteiger partial charge in [-0.25, -0.2) is 4.98 Å². The lowest BCUT2D eigenvalue weighted by molar-refractivity contribution is 0.168. The van der Waals surface area contributed by atoms with Crippen LogP contribution in [-0.2, 0) is 0 Å². The SMILES string of the molecule is Cc1cc(OCC2(N)CCCCC2)nc(C(C)C)n1. The number of rotatable bonds is 4. The van der Waals surface area contributed by atoms with E-state index in [0.29, 0.717) is 18.4 Å². The van der Waals surface area contributed by atoms with Crippen molar-refractivity contribution in [3.05, 3.63) is 17.6 Å². The first-order valence-corrected chi connectivity index (χ1v) is 7.26. The number of nitrogens with zero attached hydrogens (tertiary/aromatic N) is 2. The van der Waals surface area contributed by atoms with E-state index in [1.165, 1.54) is 19.3 Å². The first-order valence-electron chi connectivity index (χ1n) is 7.26. The van der Waals surface area contributed by atoms with E-state index >= 15 is 0 Å². The van der Waals surface area contributed by atoms with E-state index in [1.54, 1.807) is 0 Å². The molecular weight excluding hydrogens is 238 g/mol. The second-order valence-corrected chi connectivity index (χ2v) is 6.07. The molecule has 0 amide bonds. The van der Waals surface area contributed by atoms with Gasteiger partial charge in [-0.05, 0) is 19.8 Å². The predicted octanol–water partition coefficient (Wildman–Crippen LogP) is 2.95. The molecule has 4 heteroatoms. The Morgan fingerprint density at radius 2 is 1.95 bits per heavy atom. The summed E-state index contributed by atoms with van der Waals surface area (Å²) < 4.78 is 5.84. The molecule has 1 aliphatic rings. The summed E-state index contributed by atoms with van der Waals surface area (Å²) in [6.07, 6.45) is 5.81. The second kappa shape index (κ2) is 5.87. The van der Waals surface area contributed by atoms with Gasteiger partial charge < -0.3 is 10.5 Å². The van der Waals surface area contributed by atoms with Crippen LogP contribution in [-0.4, -0.2) is 22.1 Å². The third kappa shape index (κ3) is 3.90. The molecule has 0 saturated heterocycles. The average Bonchev–Trinajstić information content (AvgIpc) is 2.37. The summed E-state index contributed by atoms with van der Waals surface area (Å²) in [5.41, 5.74) is 7.15. The third-order valence-electron chi connectivity index (χ3n) is 3.72. The lowest BCUT2D eigenvalue weighted by Crippen LogP contribution is -2.47. The molecule has 1 aromatic heterocycles. The number of hydrogen-bond donors (Lipinski definition) is 1. The van der Waals surface area contributed by atoms with Crippen LogP contribution in [0.1, 0.15) is 63.4 Å². The van der Waals surface area contributed by atoms with E-state index in [2.05, 4.69) is 23.8 Å².